The van der Waals surface area contributed by atoms with E-state index in [0.717, 1.165) is 19.8 Å². The highest BCUT2D eigenvalue weighted by Gasteiger charge is 2.24. The van der Waals surface area contributed by atoms with Gasteiger partial charge in [0.25, 0.3) is 0 Å². The maximum Gasteiger partial charge on any atom is 0.0638 e. The molecule has 2 atom stereocenters. The minimum absolute atomic E-state index is 0.316. The van der Waals surface area contributed by atoms with Gasteiger partial charge in [0.05, 0.1) is 19.3 Å². The van der Waals surface area contributed by atoms with Crippen molar-refractivity contribution in [2.45, 2.75) is 25.9 Å². The van der Waals surface area contributed by atoms with Gasteiger partial charge in [0.2, 0.25) is 0 Å². The third-order valence-corrected chi connectivity index (χ3v) is 3.42. The number of morpholine rings is 1. The van der Waals surface area contributed by atoms with Crippen LogP contribution in [0.25, 0.3) is 0 Å². The Hall–Kier alpha value is -0.900. The molecule has 1 aromatic rings. The smallest absolute Gasteiger partial charge is 0.0638 e. The van der Waals surface area contributed by atoms with Gasteiger partial charge in [-0.1, -0.05) is 23.8 Å². The topological polar surface area (TPSA) is 33.3 Å². The molecule has 3 nitrogen and oxygen atoms in total. The molecule has 0 aromatic heterocycles. The van der Waals surface area contributed by atoms with Gasteiger partial charge in [-0.3, -0.25) is 0 Å². The van der Waals surface area contributed by atoms with Gasteiger partial charge in [0, 0.05) is 12.6 Å². The Morgan fingerprint density at radius 1 is 1.41 bits per heavy atom. The lowest BCUT2D eigenvalue weighted by Gasteiger charge is -2.32. The Labute approximate surface area is 104 Å². The molecule has 1 aliphatic heterocycles. The molecule has 1 fully saturated rings. The van der Waals surface area contributed by atoms with Gasteiger partial charge in [-0.25, -0.2) is 0 Å². The van der Waals surface area contributed by atoms with E-state index in [1.807, 2.05) is 7.05 Å². The van der Waals surface area contributed by atoms with E-state index in [1.165, 1.54) is 16.7 Å². The maximum atomic E-state index is 5.55. The Morgan fingerprint density at radius 3 is 2.82 bits per heavy atom. The molecule has 2 unspecified atom stereocenters. The van der Waals surface area contributed by atoms with E-state index in [-0.39, 0.29) is 0 Å². The summed E-state index contributed by atoms with van der Waals surface area (Å²) in [6, 6.07) is 7.31. The first-order chi connectivity index (χ1) is 8.22. The molecule has 94 valence electrons. The minimum Gasteiger partial charge on any atom is -0.378 e. The highest BCUT2D eigenvalue weighted by Crippen LogP contribution is 2.22. The average Bonchev–Trinajstić information content (AvgIpc) is 2.34. The van der Waals surface area contributed by atoms with Crippen molar-refractivity contribution >= 4 is 0 Å². The van der Waals surface area contributed by atoms with Crippen LogP contribution in [0, 0.1) is 13.8 Å². The van der Waals surface area contributed by atoms with Crippen LogP contribution in [-0.2, 0) is 4.74 Å². The van der Waals surface area contributed by atoms with Crippen LogP contribution in [0.15, 0.2) is 18.2 Å². The predicted octanol–water partition coefficient (Wildman–Crippen LogP) is 1.55. The van der Waals surface area contributed by atoms with Crippen molar-refractivity contribution < 1.29 is 4.74 Å². The molecule has 0 radical (unpaired) electrons. The van der Waals surface area contributed by atoms with Gasteiger partial charge in [-0.05, 0) is 32.0 Å². The van der Waals surface area contributed by atoms with E-state index in [2.05, 4.69) is 42.7 Å². The molecule has 1 saturated heterocycles. The molecule has 1 aliphatic rings. The van der Waals surface area contributed by atoms with Crippen LogP contribution in [0.3, 0.4) is 0 Å². The predicted molar refractivity (Wildman–Crippen MR) is 70.3 cm³/mol. The number of nitrogens with one attached hydrogen (secondary N) is 2. The van der Waals surface area contributed by atoms with Crippen LogP contribution >= 0.6 is 0 Å². The van der Waals surface area contributed by atoms with E-state index in [1.54, 1.807) is 0 Å². The standard InChI is InChI=1S/C14H22N2O/c1-10-4-5-12(11(2)8-10)14(15-3)13-9-17-7-6-16-13/h4-5,8,13-16H,6-7,9H2,1-3H3. The van der Waals surface area contributed by atoms with Gasteiger partial charge in [0.1, 0.15) is 0 Å². The van der Waals surface area contributed by atoms with Gasteiger partial charge in [0.15, 0.2) is 0 Å². The second kappa shape index (κ2) is 5.63. The second-order valence-electron chi connectivity index (χ2n) is 4.76. The van der Waals surface area contributed by atoms with Crippen LogP contribution in [0.2, 0.25) is 0 Å². The average molecular weight is 234 g/mol. The van der Waals surface area contributed by atoms with Crippen molar-refractivity contribution in [3.63, 3.8) is 0 Å². The Balaban J connectivity index is 2.21. The first-order valence-corrected chi connectivity index (χ1v) is 6.28. The molecule has 1 aromatic carbocycles. The normalized spacial score (nSPS) is 22.4. The van der Waals surface area contributed by atoms with Crippen LogP contribution in [-0.4, -0.2) is 32.8 Å². The third kappa shape index (κ3) is 2.86. The number of rotatable bonds is 3. The summed E-state index contributed by atoms with van der Waals surface area (Å²) in [5.74, 6) is 0. The van der Waals surface area contributed by atoms with E-state index < -0.39 is 0 Å². The Kier molecular flexibility index (Phi) is 4.15. The molecule has 0 spiro atoms. The lowest BCUT2D eigenvalue weighted by Crippen LogP contribution is -2.48. The van der Waals surface area contributed by atoms with E-state index in [9.17, 15) is 0 Å². The van der Waals surface area contributed by atoms with Gasteiger partial charge in [-0.2, -0.15) is 0 Å². The second-order valence-corrected chi connectivity index (χ2v) is 4.76. The van der Waals surface area contributed by atoms with Crippen molar-refractivity contribution in [2.24, 2.45) is 0 Å². The number of benzene rings is 1. The van der Waals surface area contributed by atoms with Crippen molar-refractivity contribution in [1.29, 1.82) is 0 Å². The Bertz CT molecular complexity index is 372. The molecule has 0 amide bonds. The zero-order valence-electron chi connectivity index (χ0n) is 10.9. The Morgan fingerprint density at radius 2 is 2.24 bits per heavy atom. The zero-order valence-corrected chi connectivity index (χ0v) is 10.9. The summed E-state index contributed by atoms with van der Waals surface area (Å²) >= 11 is 0. The highest BCUT2D eigenvalue weighted by atomic mass is 16.5. The summed E-state index contributed by atoms with van der Waals surface area (Å²) in [4.78, 5) is 0. The lowest BCUT2D eigenvalue weighted by molar-refractivity contribution is 0.0645. The molecular formula is C14H22N2O. The fourth-order valence-electron chi connectivity index (χ4n) is 2.55. The largest absolute Gasteiger partial charge is 0.378 e. The quantitative estimate of drug-likeness (QED) is 0.832. The summed E-state index contributed by atoms with van der Waals surface area (Å²) in [5, 5.41) is 6.93. The van der Waals surface area contributed by atoms with Gasteiger partial charge < -0.3 is 15.4 Å². The van der Waals surface area contributed by atoms with Crippen molar-refractivity contribution in [2.75, 3.05) is 26.8 Å². The minimum atomic E-state index is 0.316. The highest BCUT2D eigenvalue weighted by molar-refractivity contribution is 5.33. The molecule has 0 saturated carbocycles. The molecule has 17 heavy (non-hydrogen) atoms. The molecular weight excluding hydrogens is 212 g/mol. The fraction of sp³-hybridized carbons (Fsp3) is 0.571. The van der Waals surface area contributed by atoms with Crippen LogP contribution in [0.1, 0.15) is 22.7 Å². The third-order valence-electron chi connectivity index (χ3n) is 3.42. The van der Waals surface area contributed by atoms with Crippen LogP contribution in [0.5, 0.6) is 0 Å². The molecule has 0 bridgehead atoms. The SMILES string of the molecule is CNC(c1ccc(C)cc1C)C1COCCN1. The molecule has 2 N–H and O–H groups in total. The first kappa shape index (κ1) is 12.6. The first-order valence-electron chi connectivity index (χ1n) is 6.28. The molecule has 3 heteroatoms. The van der Waals surface area contributed by atoms with Crippen LogP contribution in [0.4, 0.5) is 0 Å². The number of hydrogen-bond donors (Lipinski definition) is 2. The van der Waals surface area contributed by atoms with E-state index in [0.29, 0.717) is 12.1 Å². The molecule has 0 aliphatic carbocycles. The van der Waals surface area contributed by atoms with Crippen molar-refractivity contribution in [1.82, 2.24) is 10.6 Å². The van der Waals surface area contributed by atoms with Gasteiger partial charge >= 0.3 is 0 Å². The summed E-state index contributed by atoms with van der Waals surface area (Å²) in [6.07, 6.45) is 0. The maximum absolute atomic E-state index is 5.55. The number of likely N-dealkylation sites (N-methyl/N-ethyl adjacent to an activating group) is 1. The molecule has 1 heterocycles. The van der Waals surface area contributed by atoms with Crippen molar-refractivity contribution in [3.05, 3.63) is 34.9 Å². The molecule has 2 rings (SSSR count). The van der Waals surface area contributed by atoms with E-state index in [4.69, 9.17) is 4.74 Å². The monoisotopic (exact) mass is 234 g/mol. The fourth-order valence-corrected chi connectivity index (χ4v) is 2.55. The number of ether oxygens (including phenoxy) is 1. The van der Waals surface area contributed by atoms with Crippen LogP contribution < -0.4 is 10.6 Å². The number of aryl methyl sites for hydroxylation is 2. The van der Waals surface area contributed by atoms with Crippen molar-refractivity contribution in [3.8, 4) is 0 Å². The number of hydrogen-bond acceptors (Lipinski definition) is 3. The summed E-state index contributed by atoms with van der Waals surface area (Å²) in [7, 11) is 2.01. The summed E-state index contributed by atoms with van der Waals surface area (Å²) in [5.41, 5.74) is 4.02. The summed E-state index contributed by atoms with van der Waals surface area (Å²) < 4.78 is 5.55. The summed E-state index contributed by atoms with van der Waals surface area (Å²) in [6.45, 7) is 6.84. The van der Waals surface area contributed by atoms with E-state index >= 15 is 0 Å². The van der Waals surface area contributed by atoms with Gasteiger partial charge in [-0.15, -0.1) is 0 Å². The zero-order chi connectivity index (χ0) is 12.3. The lowest BCUT2D eigenvalue weighted by atomic mass is 9.94.